The van der Waals surface area contributed by atoms with E-state index in [1.807, 2.05) is 31.3 Å². The molecule has 0 spiro atoms. The molecular formula is C16H22N2O3. The number of carbonyl (C=O) groups is 2. The number of hydrogen-bond acceptors (Lipinski definition) is 2. The van der Waals surface area contributed by atoms with E-state index in [1.165, 1.54) is 12.8 Å². The molecular weight excluding hydrogens is 268 g/mol. The Labute approximate surface area is 125 Å². The van der Waals surface area contributed by atoms with Crippen LogP contribution in [0.25, 0.3) is 0 Å². The van der Waals surface area contributed by atoms with Crippen molar-refractivity contribution in [3.05, 3.63) is 29.8 Å². The molecule has 0 radical (unpaired) electrons. The van der Waals surface area contributed by atoms with Crippen LogP contribution in [0.3, 0.4) is 0 Å². The molecule has 5 nitrogen and oxygen atoms in total. The largest absolute Gasteiger partial charge is 0.481 e. The highest BCUT2D eigenvalue weighted by Gasteiger charge is 2.32. The molecule has 0 aliphatic heterocycles. The van der Waals surface area contributed by atoms with Crippen LogP contribution < -0.4 is 5.32 Å². The molecule has 1 atom stereocenters. The second-order valence-corrected chi connectivity index (χ2v) is 5.71. The van der Waals surface area contributed by atoms with Gasteiger partial charge in [0, 0.05) is 25.2 Å². The highest BCUT2D eigenvalue weighted by Crippen LogP contribution is 2.34. The van der Waals surface area contributed by atoms with Crippen molar-refractivity contribution in [2.75, 3.05) is 12.4 Å². The quantitative estimate of drug-likeness (QED) is 0.846. The van der Waals surface area contributed by atoms with Crippen LogP contribution in [0, 0.1) is 5.92 Å². The Morgan fingerprint density at radius 1 is 1.33 bits per heavy atom. The normalized spacial score (nSPS) is 15.3. The molecule has 2 N–H and O–H groups in total. The van der Waals surface area contributed by atoms with Crippen LogP contribution >= 0.6 is 0 Å². The standard InChI is InChI=1S/C16H22N2O3/c1-11(13-6-7-13)18(2)16(21)17-14-8-3-12(4-9-14)5-10-15(19)20/h3-4,8-9,11,13H,5-7,10H2,1-2H3,(H,17,21)(H,19,20). The molecule has 1 aromatic rings. The third-order valence-electron chi connectivity index (χ3n) is 4.07. The number of nitrogens with one attached hydrogen (secondary N) is 1. The van der Waals surface area contributed by atoms with Gasteiger partial charge >= 0.3 is 12.0 Å². The minimum absolute atomic E-state index is 0.104. The maximum Gasteiger partial charge on any atom is 0.321 e. The SMILES string of the molecule is CC(C1CC1)N(C)C(=O)Nc1ccc(CCC(=O)O)cc1. The number of amides is 2. The van der Waals surface area contributed by atoms with Crippen molar-refractivity contribution in [1.82, 2.24) is 4.90 Å². The number of rotatable bonds is 6. The highest BCUT2D eigenvalue weighted by molar-refractivity contribution is 5.89. The van der Waals surface area contributed by atoms with Crippen molar-refractivity contribution in [3.63, 3.8) is 0 Å². The molecule has 1 saturated carbocycles. The van der Waals surface area contributed by atoms with E-state index >= 15 is 0 Å². The van der Waals surface area contributed by atoms with E-state index in [0.29, 0.717) is 12.3 Å². The van der Waals surface area contributed by atoms with Gasteiger partial charge in [-0.2, -0.15) is 0 Å². The van der Waals surface area contributed by atoms with Gasteiger partial charge in [0.05, 0.1) is 0 Å². The van der Waals surface area contributed by atoms with Crippen LogP contribution in [0.4, 0.5) is 10.5 Å². The fourth-order valence-electron chi connectivity index (χ4n) is 2.30. The first-order valence-corrected chi connectivity index (χ1v) is 7.32. The van der Waals surface area contributed by atoms with Crippen LogP contribution in [0.2, 0.25) is 0 Å². The Balaban J connectivity index is 1.87. The maximum absolute atomic E-state index is 12.1. The van der Waals surface area contributed by atoms with Gasteiger partial charge in [-0.1, -0.05) is 12.1 Å². The van der Waals surface area contributed by atoms with E-state index in [4.69, 9.17) is 5.11 Å². The summed E-state index contributed by atoms with van der Waals surface area (Å²) < 4.78 is 0. The number of aliphatic carboxylic acids is 1. The second-order valence-electron chi connectivity index (χ2n) is 5.71. The molecule has 0 aromatic heterocycles. The first-order chi connectivity index (χ1) is 9.97. The van der Waals surface area contributed by atoms with Crippen molar-refractivity contribution in [3.8, 4) is 0 Å². The van der Waals surface area contributed by atoms with Crippen LogP contribution in [0.15, 0.2) is 24.3 Å². The van der Waals surface area contributed by atoms with Gasteiger partial charge in [-0.15, -0.1) is 0 Å². The second kappa shape index (κ2) is 6.61. The molecule has 1 unspecified atom stereocenters. The van der Waals surface area contributed by atoms with Crippen LogP contribution in [-0.4, -0.2) is 35.1 Å². The van der Waals surface area contributed by atoms with Crippen LogP contribution in [0.1, 0.15) is 31.7 Å². The minimum atomic E-state index is -0.803. The number of urea groups is 1. The molecule has 114 valence electrons. The van der Waals surface area contributed by atoms with Gasteiger partial charge in [0.25, 0.3) is 0 Å². The lowest BCUT2D eigenvalue weighted by Gasteiger charge is -2.25. The maximum atomic E-state index is 12.1. The van der Waals surface area contributed by atoms with Crippen LogP contribution in [-0.2, 0) is 11.2 Å². The molecule has 1 aliphatic rings. The van der Waals surface area contributed by atoms with Gasteiger partial charge in [0.2, 0.25) is 0 Å². The summed E-state index contributed by atoms with van der Waals surface area (Å²) in [6, 6.07) is 7.48. The van der Waals surface area contributed by atoms with Crippen molar-refractivity contribution in [1.29, 1.82) is 0 Å². The molecule has 21 heavy (non-hydrogen) atoms. The summed E-state index contributed by atoms with van der Waals surface area (Å²) in [5.74, 6) is -0.165. The molecule has 0 bridgehead atoms. The van der Waals surface area contributed by atoms with E-state index in [2.05, 4.69) is 12.2 Å². The zero-order valence-electron chi connectivity index (χ0n) is 12.5. The molecule has 2 rings (SSSR count). The zero-order valence-corrected chi connectivity index (χ0v) is 12.5. The topological polar surface area (TPSA) is 69.6 Å². The zero-order chi connectivity index (χ0) is 15.4. The molecule has 1 aromatic carbocycles. The number of hydrogen-bond donors (Lipinski definition) is 2. The molecule has 2 amide bonds. The number of aryl methyl sites for hydroxylation is 1. The fraction of sp³-hybridized carbons (Fsp3) is 0.500. The van der Waals surface area contributed by atoms with Crippen molar-refractivity contribution in [2.45, 2.75) is 38.6 Å². The third kappa shape index (κ3) is 4.48. The van der Waals surface area contributed by atoms with Crippen molar-refractivity contribution < 1.29 is 14.7 Å². The summed E-state index contributed by atoms with van der Waals surface area (Å²) >= 11 is 0. The first kappa shape index (κ1) is 15.4. The van der Waals surface area contributed by atoms with E-state index in [9.17, 15) is 9.59 Å². The Morgan fingerprint density at radius 3 is 2.48 bits per heavy atom. The van der Waals surface area contributed by atoms with Gasteiger partial charge < -0.3 is 15.3 Å². The third-order valence-corrected chi connectivity index (χ3v) is 4.07. The van der Waals surface area contributed by atoms with Crippen molar-refractivity contribution >= 4 is 17.7 Å². The van der Waals surface area contributed by atoms with E-state index in [1.54, 1.807) is 4.90 Å². The Kier molecular flexibility index (Phi) is 4.83. The summed E-state index contributed by atoms with van der Waals surface area (Å²) in [7, 11) is 1.82. The predicted octanol–water partition coefficient (Wildman–Crippen LogP) is 2.97. The molecule has 0 saturated heterocycles. The predicted molar refractivity (Wildman–Crippen MR) is 81.4 cm³/mol. The summed E-state index contributed by atoms with van der Waals surface area (Å²) in [5.41, 5.74) is 1.68. The van der Waals surface area contributed by atoms with Gasteiger partial charge in [-0.25, -0.2) is 4.79 Å². The van der Waals surface area contributed by atoms with Gasteiger partial charge in [0.1, 0.15) is 0 Å². The number of carboxylic acids is 1. The number of carbonyl (C=O) groups excluding carboxylic acids is 1. The fourth-order valence-corrected chi connectivity index (χ4v) is 2.30. The van der Waals surface area contributed by atoms with Gasteiger partial charge in [-0.3, -0.25) is 4.79 Å². The number of nitrogens with zero attached hydrogens (tertiary/aromatic N) is 1. The lowest BCUT2D eigenvalue weighted by atomic mass is 10.1. The Bertz CT molecular complexity index is 509. The summed E-state index contributed by atoms with van der Waals surface area (Å²) in [6.07, 6.45) is 3.03. The number of carboxylic acid groups (broad SMARTS) is 1. The smallest absolute Gasteiger partial charge is 0.321 e. The van der Waals surface area contributed by atoms with E-state index < -0.39 is 5.97 Å². The molecule has 5 heteroatoms. The van der Waals surface area contributed by atoms with Crippen LogP contribution in [0.5, 0.6) is 0 Å². The first-order valence-electron chi connectivity index (χ1n) is 7.32. The number of anilines is 1. The molecule has 1 fully saturated rings. The minimum Gasteiger partial charge on any atom is -0.481 e. The molecule has 1 aliphatic carbocycles. The van der Waals surface area contributed by atoms with E-state index in [0.717, 1.165) is 11.3 Å². The summed E-state index contributed by atoms with van der Waals surface area (Å²) in [6.45, 7) is 2.08. The number of benzene rings is 1. The van der Waals surface area contributed by atoms with Crippen molar-refractivity contribution in [2.24, 2.45) is 5.92 Å². The van der Waals surface area contributed by atoms with Gasteiger partial charge in [0.15, 0.2) is 0 Å². The van der Waals surface area contributed by atoms with E-state index in [-0.39, 0.29) is 18.5 Å². The molecule has 0 heterocycles. The summed E-state index contributed by atoms with van der Waals surface area (Å²) in [5, 5.41) is 11.5. The van der Waals surface area contributed by atoms with Gasteiger partial charge in [-0.05, 0) is 49.8 Å². The average Bonchev–Trinajstić information content (AvgIpc) is 3.29. The monoisotopic (exact) mass is 290 g/mol. The average molecular weight is 290 g/mol. The lowest BCUT2D eigenvalue weighted by Crippen LogP contribution is -2.39. The summed E-state index contributed by atoms with van der Waals surface area (Å²) in [4.78, 5) is 24.4. The Hall–Kier alpha value is -2.04. The Morgan fingerprint density at radius 2 is 1.95 bits per heavy atom. The highest BCUT2D eigenvalue weighted by atomic mass is 16.4. The lowest BCUT2D eigenvalue weighted by molar-refractivity contribution is -0.136.